The van der Waals surface area contributed by atoms with Gasteiger partial charge in [0.05, 0.1) is 12.1 Å². The van der Waals surface area contributed by atoms with Crippen molar-refractivity contribution in [2.75, 3.05) is 13.1 Å². The SMILES string of the molecule is CC(C)CN(CCC#N)C(C)C(=O)c1ccc(Br)cc1. The predicted molar refractivity (Wildman–Crippen MR) is 84.6 cm³/mol. The first kappa shape index (κ1) is 16.9. The number of hydrogen-bond donors (Lipinski definition) is 0. The Morgan fingerprint density at radius 1 is 1.30 bits per heavy atom. The number of carbonyl (C=O) groups is 1. The van der Waals surface area contributed by atoms with Crippen molar-refractivity contribution >= 4 is 21.7 Å². The van der Waals surface area contributed by atoms with Crippen LogP contribution in [0, 0.1) is 17.2 Å². The average molecular weight is 337 g/mol. The molecule has 0 spiro atoms. The Hall–Kier alpha value is -1.18. The highest BCUT2D eigenvalue weighted by atomic mass is 79.9. The zero-order chi connectivity index (χ0) is 15.1. The van der Waals surface area contributed by atoms with Crippen LogP contribution >= 0.6 is 15.9 Å². The molecule has 0 aliphatic carbocycles. The lowest BCUT2D eigenvalue weighted by Gasteiger charge is -2.29. The Labute approximate surface area is 129 Å². The fourth-order valence-electron chi connectivity index (χ4n) is 2.13. The number of benzene rings is 1. The molecule has 4 heteroatoms. The number of hydrogen-bond acceptors (Lipinski definition) is 3. The maximum absolute atomic E-state index is 12.5. The highest BCUT2D eigenvalue weighted by Gasteiger charge is 2.22. The van der Waals surface area contributed by atoms with Crippen molar-refractivity contribution in [3.05, 3.63) is 34.3 Å². The van der Waals surface area contributed by atoms with Crippen molar-refractivity contribution in [1.82, 2.24) is 4.90 Å². The molecule has 1 aromatic carbocycles. The van der Waals surface area contributed by atoms with E-state index in [-0.39, 0.29) is 11.8 Å². The Bertz CT molecular complexity index is 476. The summed E-state index contributed by atoms with van der Waals surface area (Å²) >= 11 is 3.37. The number of halogens is 1. The molecule has 0 aliphatic heterocycles. The minimum Gasteiger partial charge on any atom is -0.292 e. The molecule has 0 saturated carbocycles. The fourth-order valence-corrected chi connectivity index (χ4v) is 2.39. The first-order valence-corrected chi connectivity index (χ1v) is 7.65. The summed E-state index contributed by atoms with van der Waals surface area (Å²) in [6, 6.07) is 9.37. The lowest BCUT2D eigenvalue weighted by molar-refractivity contribution is 0.0824. The van der Waals surface area contributed by atoms with Gasteiger partial charge >= 0.3 is 0 Å². The zero-order valence-corrected chi connectivity index (χ0v) is 13.9. The molecule has 0 saturated heterocycles. The highest BCUT2D eigenvalue weighted by molar-refractivity contribution is 9.10. The van der Waals surface area contributed by atoms with Crippen LogP contribution in [0.5, 0.6) is 0 Å². The number of nitrogens with zero attached hydrogens (tertiary/aromatic N) is 2. The summed E-state index contributed by atoms with van der Waals surface area (Å²) in [4.78, 5) is 14.6. The Kier molecular flexibility index (Phi) is 6.90. The van der Waals surface area contributed by atoms with Crippen LogP contribution in [0.25, 0.3) is 0 Å². The summed E-state index contributed by atoms with van der Waals surface area (Å²) in [5.74, 6) is 0.574. The van der Waals surface area contributed by atoms with E-state index in [0.717, 1.165) is 11.0 Å². The molecule has 1 aromatic rings. The second-order valence-corrected chi connectivity index (χ2v) is 6.26. The number of Topliss-reactive ketones (excluding diaryl/α,β-unsaturated/α-hetero) is 1. The molecule has 0 aromatic heterocycles. The third-order valence-corrected chi connectivity index (χ3v) is 3.70. The Morgan fingerprint density at radius 3 is 2.40 bits per heavy atom. The molecule has 0 aliphatic rings. The Balaban J connectivity index is 2.81. The molecule has 20 heavy (non-hydrogen) atoms. The van der Waals surface area contributed by atoms with Crippen LogP contribution in [0.1, 0.15) is 37.6 Å². The largest absolute Gasteiger partial charge is 0.292 e. The molecule has 0 N–H and O–H groups in total. The molecule has 0 radical (unpaired) electrons. The van der Waals surface area contributed by atoms with Gasteiger partial charge < -0.3 is 0 Å². The van der Waals surface area contributed by atoms with Crippen molar-refractivity contribution in [2.45, 2.75) is 33.2 Å². The van der Waals surface area contributed by atoms with Crippen LogP contribution in [0.2, 0.25) is 0 Å². The van der Waals surface area contributed by atoms with Crippen molar-refractivity contribution in [3.8, 4) is 6.07 Å². The maximum Gasteiger partial charge on any atom is 0.179 e. The van der Waals surface area contributed by atoms with Gasteiger partial charge in [-0.2, -0.15) is 5.26 Å². The van der Waals surface area contributed by atoms with Gasteiger partial charge in [0.1, 0.15) is 0 Å². The van der Waals surface area contributed by atoms with Crippen molar-refractivity contribution in [3.63, 3.8) is 0 Å². The lowest BCUT2D eigenvalue weighted by atomic mass is 10.0. The molecule has 108 valence electrons. The van der Waals surface area contributed by atoms with Crippen LogP contribution in [-0.4, -0.2) is 29.8 Å². The maximum atomic E-state index is 12.5. The van der Waals surface area contributed by atoms with E-state index >= 15 is 0 Å². The first-order chi connectivity index (χ1) is 9.45. The summed E-state index contributed by atoms with van der Waals surface area (Å²) in [6.07, 6.45) is 0.449. The van der Waals surface area contributed by atoms with E-state index in [1.807, 2.05) is 31.2 Å². The first-order valence-electron chi connectivity index (χ1n) is 6.86. The Morgan fingerprint density at radius 2 is 1.90 bits per heavy atom. The van der Waals surface area contributed by atoms with E-state index < -0.39 is 0 Å². The van der Waals surface area contributed by atoms with Gasteiger partial charge in [-0.15, -0.1) is 0 Å². The lowest BCUT2D eigenvalue weighted by Crippen LogP contribution is -2.41. The molecule has 1 unspecified atom stereocenters. The molecule has 0 fully saturated rings. The molecule has 0 bridgehead atoms. The van der Waals surface area contributed by atoms with Crippen LogP contribution in [0.3, 0.4) is 0 Å². The number of nitriles is 1. The van der Waals surface area contributed by atoms with E-state index in [0.29, 0.717) is 24.4 Å². The van der Waals surface area contributed by atoms with Gasteiger partial charge in [-0.3, -0.25) is 9.69 Å². The molecule has 1 atom stereocenters. The van der Waals surface area contributed by atoms with Gasteiger partial charge in [0.25, 0.3) is 0 Å². The van der Waals surface area contributed by atoms with Crippen LogP contribution in [0.4, 0.5) is 0 Å². The molecule has 1 rings (SSSR count). The summed E-state index contributed by atoms with van der Waals surface area (Å²) < 4.78 is 0.963. The van der Waals surface area contributed by atoms with E-state index in [1.54, 1.807) is 0 Å². The summed E-state index contributed by atoms with van der Waals surface area (Å²) in [5.41, 5.74) is 0.714. The highest BCUT2D eigenvalue weighted by Crippen LogP contribution is 2.15. The smallest absolute Gasteiger partial charge is 0.179 e. The van der Waals surface area contributed by atoms with Gasteiger partial charge in [0.15, 0.2) is 5.78 Å². The van der Waals surface area contributed by atoms with E-state index in [2.05, 4.69) is 40.7 Å². The van der Waals surface area contributed by atoms with Crippen LogP contribution in [0.15, 0.2) is 28.7 Å². The third kappa shape index (κ3) is 5.07. The normalized spacial score (nSPS) is 12.4. The minimum atomic E-state index is -0.202. The van der Waals surface area contributed by atoms with Gasteiger partial charge in [-0.05, 0) is 25.0 Å². The van der Waals surface area contributed by atoms with E-state index in [4.69, 9.17) is 5.26 Å². The van der Waals surface area contributed by atoms with Gasteiger partial charge in [0.2, 0.25) is 0 Å². The molecular formula is C16H21BrN2O. The standard InChI is InChI=1S/C16H21BrN2O/c1-12(2)11-19(10-4-9-18)13(3)16(20)14-5-7-15(17)8-6-14/h5-8,12-13H,4,10-11H2,1-3H3. The van der Waals surface area contributed by atoms with Crippen molar-refractivity contribution < 1.29 is 4.79 Å². The quantitative estimate of drug-likeness (QED) is 0.709. The van der Waals surface area contributed by atoms with E-state index in [9.17, 15) is 4.79 Å². The molecule has 0 heterocycles. The van der Waals surface area contributed by atoms with E-state index in [1.165, 1.54) is 0 Å². The second-order valence-electron chi connectivity index (χ2n) is 5.34. The monoisotopic (exact) mass is 336 g/mol. The minimum absolute atomic E-state index is 0.107. The zero-order valence-electron chi connectivity index (χ0n) is 12.3. The van der Waals surface area contributed by atoms with Gasteiger partial charge in [0, 0.05) is 29.5 Å². The average Bonchev–Trinajstić information content (AvgIpc) is 2.42. The molecular weight excluding hydrogens is 316 g/mol. The summed E-state index contributed by atoms with van der Waals surface area (Å²) in [7, 11) is 0. The topological polar surface area (TPSA) is 44.1 Å². The molecule has 3 nitrogen and oxygen atoms in total. The number of carbonyl (C=O) groups excluding carboxylic acids is 1. The summed E-state index contributed by atoms with van der Waals surface area (Å²) in [6.45, 7) is 7.62. The predicted octanol–water partition coefficient (Wildman–Crippen LogP) is 3.89. The summed E-state index contributed by atoms with van der Waals surface area (Å²) in [5, 5.41) is 8.75. The van der Waals surface area contributed by atoms with Crippen LogP contribution in [-0.2, 0) is 0 Å². The van der Waals surface area contributed by atoms with Crippen molar-refractivity contribution in [2.24, 2.45) is 5.92 Å². The number of rotatable bonds is 7. The van der Waals surface area contributed by atoms with Gasteiger partial charge in [-0.1, -0.05) is 41.9 Å². The third-order valence-electron chi connectivity index (χ3n) is 3.17. The van der Waals surface area contributed by atoms with Crippen LogP contribution < -0.4 is 0 Å². The number of ketones is 1. The van der Waals surface area contributed by atoms with Gasteiger partial charge in [-0.25, -0.2) is 0 Å². The molecule has 0 amide bonds. The fraction of sp³-hybridized carbons (Fsp3) is 0.500. The second kappa shape index (κ2) is 8.18. The van der Waals surface area contributed by atoms with Crippen molar-refractivity contribution in [1.29, 1.82) is 5.26 Å².